The first kappa shape index (κ1) is 22.4. The highest BCUT2D eigenvalue weighted by atomic mass is 32.1. The van der Waals surface area contributed by atoms with Gasteiger partial charge < -0.3 is 20.1 Å². The topological polar surface area (TPSA) is 106 Å². The van der Waals surface area contributed by atoms with Crippen molar-refractivity contribution in [1.82, 2.24) is 10.6 Å². The molecule has 2 aromatic rings. The summed E-state index contributed by atoms with van der Waals surface area (Å²) in [4.78, 5) is 36.2. The molecule has 9 heteroatoms. The third kappa shape index (κ3) is 6.34. The predicted octanol–water partition coefficient (Wildman–Crippen LogP) is 2.51. The monoisotopic (exact) mass is 441 g/mol. The van der Waals surface area contributed by atoms with E-state index >= 15 is 0 Å². The number of ether oxygens (including phenoxy) is 2. The predicted molar refractivity (Wildman–Crippen MR) is 119 cm³/mol. The molecular formula is C22H23N3O5S. The van der Waals surface area contributed by atoms with Gasteiger partial charge in [0.15, 0.2) is 5.11 Å². The van der Waals surface area contributed by atoms with E-state index in [2.05, 4.69) is 20.7 Å². The highest BCUT2D eigenvalue weighted by Gasteiger charge is 2.17. The molecule has 0 aliphatic carbocycles. The van der Waals surface area contributed by atoms with Crippen LogP contribution in [0.5, 0.6) is 0 Å². The zero-order valence-corrected chi connectivity index (χ0v) is 17.8. The van der Waals surface area contributed by atoms with Crippen LogP contribution in [0.2, 0.25) is 0 Å². The van der Waals surface area contributed by atoms with Gasteiger partial charge in [0.05, 0.1) is 18.8 Å². The molecule has 0 bridgehead atoms. The number of anilines is 1. The molecule has 1 unspecified atom stereocenters. The van der Waals surface area contributed by atoms with Gasteiger partial charge in [-0.3, -0.25) is 14.9 Å². The fourth-order valence-corrected chi connectivity index (χ4v) is 3.28. The molecule has 1 heterocycles. The molecule has 1 saturated heterocycles. The summed E-state index contributed by atoms with van der Waals surface area (Å²) in [5.74, 6) is -1.12. The smallest absolute Gasteiger partial charge is 0.337 e. The minimum atomic E-state index is -0.483. The molecule has 1 aliphatic heterocycles. The lowest BCUT2D eigenvalue weighted by Crippen LogP contribution is -2.34. The number of thiocarbonyl (C=S) groups is 1. The molecule has 2 amide bonds. The summed E-state index contributed by atoms with van der Waals surface area (Å²) in [5, 5.41) is 8.41. The number of benzene rings is 2. The number of amides is 2. The molecule has 0 radical (unpaired) electrons. The standard InChI is InChI=1S/C22H23N3O5S/c1-29-21(28)15-9-7-14(8-10-15)20(27)25-22(31)24-17-5-2-4-16(12-17)19(26)23-13-18-6-3-11-30-18/h2,4-5,7-10,12,18H,3,6,11,13H2,1H3,(H,23,26)(H2,24,25,27,31). The summed E-state index contributed by atoms with van der Waals surface area (Å²) in [6.45, 7) is 1.21. The first-order valence-electron chi connectivity index (χ1n) is 9.77. The number of hydrogen-bond donors (Lipinski definition) is 3. The zero-order chi connectivity index (χ0) is 22.2. The van der Waals surface area contributed by atoms with Gasteiger partial charge in [-0.05, 0) is 67.5 Å². The number of hydrogen-bond acceptors (Lipinski definition) is 6. The first-order chi connectivity index (χ1) is 15.0. The summed E-state index contributed by atoms with van der Waals surface area (Å²) in [6.07, 6.45) is 2.02. The van der Waals surface area contributed by atoms with E-state index in [1.807, 2.05) is 0 Å². The second-order valence-corrected chi connectivity index (χ2v) is 7.31. The van der Waals surface area contributed by atoms with Crippen molar-refractivity contribution in [3.63, 3.8) is 0 Å². The first-order valence-corrected chi connectivity index (χ1v) is 10.2. The minimum Gasteiger partial charge on any atom is -0.465 e. The minimum absolute atomic E-state index is 0.0646. The van der Waals surface area contributed by atoms with Crippen molar-refractivity contribution in [3.8, 4) is 0 Å². The van der Waals surface area contributed by atoms with E-state index in [-0.39, 0.29) is 17.1 Å². The molecule has 0 spiro atoms. The number of rotatable bonds is 6. The Bertz CT molecular complexity index is 971. The van der Waals surface area contributed by atoms with Crippen molar-refractivity contribution in [1.29, 1.82) is 0 Å². The van der Waals surface area contributed by atoms with Crippen LogP contribution in [0.4, 0.5) is 5.69 Å². The number of carbonyl (C=O) groups excluding carboxylic acids is 3. The maximum absolute atomic E-state index is 12.4. The van der Waals surface area contributed by atoms with Crippen LogP contribution in [0, 0.1) is 0 Å². The Morgan fingerprint density at radius 1 is 1.06 bits per heavy atom. The maximum Gasteiger partial charge on any atom is 0.337 e. The van der Waals surface area contributed by atoms with Crippen molar-refractivity contribution in [3.05, 3.63) is 65.2 Å². The lowest BCUT2D eigenvalue weighted by atomic mass is 10.1. The van der Waals surface area contributed by atoms with Gasteiger partial charge in [-0.2, -0.15) is 0 Å². The fourth-order valence-electron chi connectivity index (χ4n) is 3.07. The van der Waals surface area contributed by atoms with Gasteiger partial charge in [0.2, 0.25) is 0 Å². The quantitative estimate of drug-likeness (QED) is 0.467. The molecule has 8 nitrogen and oxygen atoms in total. The molecule has 1 fully saturated rings. The Labute approximate surface area is 185 Å². The lowest BCUT2D eigenvalue weighted by molar-refractivity contribution is 0.0600. The number of nitrogens with one attached hydrogen (secondary N) is 3. The molecular weight excluding hydrogens is 418 g/mol. The van der Waals surface area contributed by atoms with Gasteiger partial charge in [0, 0.05) is 30.0 Å². The van der Waals surface area contributed by atoms with Crippen molar-refractivity contribution in [2.45, 2.75) is 18.9 Å². The lowest BCUT2D eigenvalue weighted by Gasteiger charge is -2.13. The van der Waals surface area contributed by atoms with Crippen molar-refractivity contribution in [2.24, 2.45) is 0 Å². The summed E-state index contributed by atoms with van der Waals surface area (Å²) in [5.41, 5.74) is 1.71. The van der Waals surface area contributed by atoms with Crippen LogP contribution in [0.3, 0.4) is 0 Å². The van der Waals surface area contributed by atoms with E-state index in [0.29, 0.717) is 28.9 Å². The summed E-state index contributed by atoms with van der Waals surface area (Å²) in [6, 6.07) is 12.8. The number of esters is 1. The Kier molecular flexibility index (Phi) is 7.69. The van der Waals surface area contributed by atoms with Crippen LogP contribution in [0.1, 0.15) is 43.9 Å². The van der Waals surface area contributed by atoms with Gasteiger partial charge in [0.1, 0.15) is 0 Å². The van der Waals surface area contributed by atoms with E-state index in [1.54, 1.807) is 24.3 Å². The molecule has 31 heavy (non-hydrogen) atoms. The van der Waals surface area contributed by atoms with E-state index < -0.39 is 11.9 Å². The van der Waals surface area contributed by atoms with Crippen LogP contribution >= 0.6 is 12.2 Å². The zero-order valence-electron chi connectivity index (χ0n) is 17.0. The van der Waals surface area contributed by atoms with Crippen LogP contribution in [-0.2, 0) is 9.47 Å². The highest BCUT2D eigenvalue weighted by molar-refractivity contribution is 7.80. The molecule has 162 valence electrons. The SMILES string of the molecule is COC(=O)c1ccc(C(=O)NC(=S)Nc2cccc(C(=O)NCC3CCCO3)c2)cc1. The fraction of sp³-hybridized carbons (Fsp3) is 0.273. The van der Waals surface area contributed by atoms with Gasteiger partial charge in [-0.15, -0.1) is 0 Å². The van der Waals surface area contributed by atoms with Gasteiger partial charge in [-0.25, -0.2) is 4.79 Å². The van der Waals surface area contributed by atoms with Crippen LogP contribution in [-0.4, -0.2) is 49.3 Å². The molecule has 2 aromatic carbocycles. The highest BCUT2D eigenvalue weighted by Crippen LogP contribution is 2.13. The van der Waals surface area contributed by atoms with Gasteiger partial charge in [0.25, 0.3) is 11.8 Å². The largest absolute Gasteiger partial charge is 0.465 e. The Balaban J connectivity index is 1.53. The molecule has 3 rings (SSSR count). The van der Waals surface area contributed by atoms with Gasteiger partial charge >= 0.3 is 5.97 Å². The van der Waals surface area contributed by atoms with E-state index in [1.165, 1.54) is 31.4 Å². The second kappa shape index (κ2) is 10.6. The maximum atomic E-state index is 12.4. The Morgan fingerprint density at radius 2 is 1.81 bits per heavy atom. The third-order valence-electron chi connectivity index (χ3n) is 4.69. The van der Waals surface area contributed by atoms with E-state index in [0.717, 1.165) is 19.4 Å². The molecule has 3 N–H and O–H groups in total. The normalized spacial score (nSPS) is 15.1. The molecule has 0 saturated carbocycles. The van der Waals surface area contributed by atoms with Crippen LogP contribution in [0.15, 0.2) is 48.5 Å². The Hall–Kier alpha value is -3.30. The average Bonchev–Trinajstić information content (AvgIpc) is 3.30. The third-order valence-corrected chi connectivity index (χ3v) is 4.90. The molecule has 1 atom stereocenters. The van der Waals surface area contributed by atoms with Gasteiger partial charge in [-0.1, -0.05) is 6.07 Å². The summed E-state index contributed by atoms with van der Waals surface area (Å²) >= 11 is 5.20. The van der Waals surface area contributed by atoms with Crippen molar-refractivity contribution >= 4 is 40.8 Å². The number of carbonyl (C=O) groups is 3. The summed E-state index contributed by atoms with van der Waals surface area (Å²) < 4.78 is 10.1. The second-order valence-electron chi connectivity index (χ2n) is 6.90. The Morgan fingerprint density at radius 3 is 2.48 bits per heavy atom. The van der Waals surface area contributed by atoms with Crippen LogP contribution < -0.4 is 16.0 Å². The van der Waals surface area contributed by atoms with E-state index in [9.17, 15) is 14.4 Å². The average molecular weight is 442 g/mol. The number of methoxy groups -OCH3 is 1. The van der Waals surface area contributed by atoms with Crippen molar-refractivity contribution in [2.75, 3.05) is 25.6 Å². The summed E-state index contributed by atoms with van der Waals surface area (Å²) in [7, 11) is 1.29. The van der Waals surface area contributed by atoms with Crippen LogP contribution in [0.25, 0.3) is 0 Å². The van der Waals surface area contributed by atoms with Crippen molar-refractivity contribution < 1.29 is 23.9 Å². The molecule has 0 aromatic heterocycles. The molecule has 1 aliphatic rings. The van der Waals surface area contributed by atoms with E-state index in [4.69, 9.17) is 17.0 Å².